The summed E-state index contributed by atoms with van der Waals surface area (Å²) in [6, 6.07) is 3.04. The van der Waals surface area contributed by atoms with Crippen LogP contribution in [0.4, 0.5) is 0 Å². The third-order valence-corrected chi connectivity index (χ3v) is 4.97. The first-order chi connectivity index (χ1) is 10.4. The Morgan fingerprint density at radius 2 is 2.24 bits per heavy atom. The van der Waals surface area contributed by atoms with Crippen molar-refractivity contribution in [3.63, 3.8) is 0 Å². The zero-order chi connectivity index (χ0) is 14.5. The summed E-state index contributed by atoms with van der Waals surface area (Å²) in [6.07, 6.45) is 11.5. The molecular weight excluding hydrogens is 282 g/mol. The van der Waals surface area contributed by atoms with Crippen molar-refractivity contribution in [2.75, 3.05) is 6.54 Å². The largest absolute Gasteiger partial charge is 0.309 e. The van der Waals surface area contributed by atoms with E-state index in [1.54, 1.807) is 0 Å². The second-order valence-corrected chi connectivity index (χ2v) is 6.53. The van der Waals surface area contributed by atoms with Gasteiger partial charge in [-0.05, 0) is 37.0 Å². The van der Waals surface area contributed by atoms with E-state index >= 15 is 0 Å². The molecule has 1 fully saturated rings. The van der Waals surface area contributed by atoms with Crippen molar-refractivity contribution < 1.29 is 0 Å². The van der Waals surface area contributed by atoms with E-state index in [4.69, 9.17) is 5.10 Å². The minimum absolute atomic E-state index is 0.268. The highest BCUT2D eigenvalue weighted by atomic mass is 32.1. The van der Waals surface area contributed by atoms with Gasteiger partial charge in [0.05, 0.1) is 28.9 Å². The molecule has 114 valence electrons. The van der Waals surface area contributed by atoms with Crippen molar-refractivity contribution in [2.45, 2.75) is 57.5 Å². The van der Waals surface area contributed by atoms with Crippen LogP contribution < -0.4 is 5.32 Å². The van der Waals surface area contributed by atoms with Gasteiger partial charge in [0.1, 0.15) is 0 Å². The predicted octanol–water partition coefficient (Wildman–Crippen LogP) is 3.13. The highest BCUT2D eigenvalue weighted by Crippen LogP contribution is 2.28. The third kappa shape index (κ3) is 3.68. The Hall–Kier alpha value is -1.27. The summed E-state index contributed by atoms with van der Waals surface area (Å²) < 4.78 is 6.15. The molecule has 0 bridgehead atoms. The Morgan fingerprint density at radius 3 is 2.95 bits per heavy atom. The molecule has 0 aliphatic heterocycles. The molecule has 3 rings (SSSR count). The van der Waals surface area contributed by atoms with Gasteiger partial charge in [-0.25, -0.2) is 0 Å². The van der Waals surface area contributed by atoms with Gasteiger partial charge in [0, 0.05) is 12.6 Å². The van der Waals surface area contributed by atoms with Crippen molar-refractivity contribution in [3.05, 3.63) is 29.0 Å². The summed E-state index contributed by atoms with van der Waals surface area (Å²) in [5.41, 5.74) is 1.15. The van der Waals surface area contributed by atoms with Crippen molar-refractivity contribution in [1.82, 2.24) is 24.7 Å². The topological polar surface area (TPSA) is 55.6 Å². The van der Waals surface area contributed by atoms with Crippen molar-refractivity contribution in [1.29, 1.82) is 0 Å². The van der Waals surface area contributed by atoms with Crippen LogP contribution in [0.25, 0.3) is 0 Å². The molecule has 0 spiro atoms. The van der Waals surface area contributed by atoms with Gasteiger partial charge in [-0.15, -0.1) is 5.10 Å². The summed E-state index contributed by atoms with van der Waals surface area (Å²) in [6.45, 7) is 3.06. The van der Waals surface area contributed by atoms with Gasteiger partial charge in [-0.2, -0.15) is 5.10 Å². The first-order valence-corrected chi connectivity index (χ1v) is 8.69. The van der Waals surface area contributed by atoms with Crippen LogP contribution >= 0.6 is 11.5 Å². The number of rotatable bonds is 6. The summed E-state index contributed by atoms with van der Waals surface area (Å²) in [5.74, 6) is 0. The predicted molar refractivity (Wildman–Crippen MR) is 84.4 cm³/mol. The van der Waals surface area contributed by atoms with E-state index in [0.29, 0.717) is 6.04 Å². The molecule has 0 aromatic carbocycles. The fraction of sp³-hybridized carbons (Fsp3) is 0.667. The first kappa shape index (κ1) is 14.7. The minimum atomic E-state index is 0.268. The van der Waals surface area contributed by atoms with Gasteiger partial charge in [-0.1, -0.05) is 30.7 Å². The lowest BCUT2D eigenvalue weighted by atomic mass is 9.96. The normalized spacial score (nSPS) is 18.0. The number of nitrogens with one attached hydrogen (secondary N) is 1. The molecule has 0 radical (unpaired) electrons. The van der Waals surface area contributed by atoms with E-state index in [0.717, 1.165) is 18.7 Å². The molecule has 0 amide bonds. The summed E-state index contributed by atoms with van der Waals surface area (Å²) >= 11 is 1.47. The molecule has 1 aliphatic carbocycles. The van der Waals surface area contributed by atoms with Gasteiger partial charge in [0.25, 0.3) is 0 Å². The number of hydrogen-bond acceptors (Lipinski definition) is 5. The molecule has 21 heavy (non-hydrogen) atoms. The molecule has 0 saturated heterocycles. The van der Waals surface area contributed by atoms with Crippen LogP contribution in [0.3, 0.4) is 0 Å². The van der Waals surface area contributed by atoms with Crippen LogP contribution in [-0.4, -0.2) is 25.9 Å². The summed E-state index contributed by atoms with van der Waals surface area (Å²) in [5, 5.41) is 12.3. The maximum atomic E-state index is 4.81. The van der Waals surface area contributed by atoms with Crippen molar-refractivity contribution in [2.24, 2.45) is 0 Å². The van der Waals surface area contributed by atoms with Gasteiger partial charge >= 0.3 is 0 Å². The highest BCUT2D eigenvalue weighted by molar-refractivity contribution is 7.05. The standard InChI is InChI=1S/C15H23N5S/c1-2-16-14(15-11-17-19-21-15)10-12-8-9-20(18-12)13-6-4-3-5-7-13/h8-9,11,13-14,16H,2-7,10H2,1H3. The number of likely N-dealkylation sites (N-methyl/N-ethyl adjacent to an activating group) is 1. The Morgan fingerprint density at radius 1 is 1.38 bits per heavy atom. The lowest BCUT2D eigenvalue weighted by Gasteiger charge is -2.22. The van der Waals surface area contributed by atoms with Crippen LogP contribution in [0.1, 0.15) is 61.7 Å². The Labute approximate surface area is 129 Å². The Kier molecular flexibility index (Phi) is 4.98. The molecule has 1 aliphatic rings. The van der Waals surface area contributed by atoms with Crippen LogP contribution in [-0.2, 0) is 6.42 Å². The monoisotopic (exact) mass is 305 g/mol. The van der Waals surface area contributed by atoms with Crippen LogP contribution in [0.2, 0.25) is 0 Å². The lowest BCUT2D eigenvalue weighted by Crippen LogP contribution is -2.22. The minimum Gasteiger partial charge on any atom is -0.309 e. The molecule has 1 saturated carbocycles. The Bertz CT molecular complexity index is 530. The second kappa shape index (κ2) is 7.13. The fourth-order valence-corrected chi connectivity index (χ4v) is 3.67. The van der Waals surface area contributed by atoms with E-state index in [1.165, 1.54) is 48.5 Å². The number of nitrogens with zero attached hydrogens (tertiary/aromatic N) is 4. The average Bonchev–Trinajstić information content (AvgIpc) is 3.19. The fourth-order valence-electron chi connectivity index (χ4n) is 3.09. The average molecular weight is 305 g/mol. The van der Waals surface area contributed by atoms with Gasteiger partial charge < -0.3 is 5.32 Å². The quantitative estimate of drug-likeness (QED) is 0.891. The van der Waals surface area contributed by atoms with E-state index in [-0.39, 0.29) is 6.04 Å². The molecule has 1 N–H and O–H groups in total. The third-order valence-electron chi connectivity index (χ3n) is 4.20. The maximum Gasteiger partial charge on any atom is 0.0669 e. The van der Waals surface area contributed by atoms with E-state index in [9.17, 15) is 0 Å². The zero-order valence-corrected chi connectivity index (χ0v) is 13.4. The van der Waals surface area contributed by atoms with Crippen molar-refractivity contribution in [3.8, 4) is 0 Å². The number of aromatic nitrogens is 4. The molecule has 2 aromatic rings. The SMILES string of the molecule is CCNC(Cc1ccn(C2CCCCC2)n1)c1cnns1. The molecule has 1 atom stereocenters. The van der Waals surface area contributed by atoms with E-state index < -0.39 is 0 Å². The molecule has 2 heterocycles. The smallest absolute Gasteiger partial charge is 0.0669 e. The van der Waals surface area contributed by atoms with E-state index in [1.807, 2.05) is 6.20 Å². The zero-order valence-electron chi connectivity index (χ0n) is 12.5. The lowest BCUT2D eigenvalue weighted by molar-refractivity contribution is 0.327. The Balaban J connectivity index is 1.67. The summed E-state index contributed by atoms with van der Waals surface area (Å²) in [7, 11) is 0. The van der Waals surface area contributed by atoms with Gasteiger partial charge in [0.15, 0.2) is 0 Å². The van der Waals surface area contributed by atoms with Crippen LogP contribution in [0.15, 0.2) is 18.5 Å². The molecule has 5 nitrogen and oxygen atoms in total. The molecule has 6 heteroatoms. The van der Waals surface area contributed by atoms with Gasteiger partial charge in [0.2, 0.25) is 0 Å². The van der Waals surface area contributed by atoms with Crippen LogP contribution in [0.5, 0.6) is 0 Å². The van der Waals surface area contributed by atoms with Crippen LogP contribution in [0, 0.1) is 0 Å². The molecular formula is C15H23N5S. The molecule has 1 unspecified atom stereocenters. The number of hydrogen-bond donors (Lipinski definition) is 1. The molecule has 2 aromatic heterocycles. The second-order valence-electron chi connectivity index (χ2n) is 5.71. The summed E-state index contributed by atoms with van der Waals surface area (Å²) in [4.78, 5) is 1.18. The van der Waals surface area contributed by atoms with Gasteiger partial charge in [-0.3, -0.25) is 4.68 Å². The van der Waals surface area contributed by atoms with Crippen molar-refractivity contribution >= 4 is 11.5 Å². The van der Waals surface area contributed by atoms with E-state index in [2.05, 4.69) is 38.8 Å². The first-order valence-electron chi connectivity index (χ1n) is 7.91. The maximum absolute atomic E-state index is 4.81. The highest BCUT2D eigenvalue weighted by Gasteiger charge is 2.18.